The van der Waals surface area contributed by atoms with Crippen LogP contribution in [0.25, 0.3) is 0 Å². The molecule has 0 saturated heterocycles. The number of hydrogen-bond acceptors (Lipinski definition) is 4. The Morgan fingerprint density at radius 1 is 1.35 bits per heavy atom. The van der Waals surface area contributed by atoms with E-state index in [1.807, 2.05) is 37.3 Å². The highest BCUT2D eigenvalue weighted by molar-refractivity contribution is 7.99. The number of aromatic hydroxyl groups is 1. The van der Waals surface area contributed by atoms with E-state index in [9.17, 15) is 4.79 Å². The van der Waals surface area contributed by atoms with Crippen molar-refractivity contribution in [2.45, 2.75) is 17.3 Å². The molecule has 0 bridgehead atoms. The number of rotatable bonds is 3. The molecule has 2 aromatic rings. The molecule has 2 N–H and O–H groups in total. The van der Waals surface area contributed by atoms with Gasteiger partial charge in [0.1, 0.15) is 0 Å². The first-order valence-corrected chi connectivity index (χ1v) is 6.04. The summed E-state index contributed by atoms with van der Waals surface area (Å²) >= 11 is 1.44. The monoisotopic (exact) mass is 248 g/mol. The van der Waals surface area contributed by atoms with Gasteiger partial charge in [0, 0.05) is 5.25 Å². The fourth-order valence-electron chi connectivity index (χ4n) is 1.39. The largest absolute Gasteiger partial charge is 0.502 e. The zero-order valence-electron chi connectivity index (χ0n) is 9.25. The van der Waals surface area contributed by atoms with Gasteiger partial charge in [0.25, 0.3) is 5.56 Å². The van der Waals surface area contributed by atoms with Crippen molar-refractivity contribution in [3.8, 4) is 5.75 Å². The van der Waals surface area contributed by atoms with Gasteiger partial charge in [0.05, 0.1) is 6.20 Å². The second-order valence-electron chi connectivity index (χ2n) is 3.57. The van der Waals surface area contributed by atoms with Gasteiger partial charge in [-0.2, -0.15) is 0 Å². The van der Waals surface area contributed by atoms with Crippen molar-refractivity contribution < 1.29 is 5.11 Å². The molecular weight excluding hydrogens is 236 g/mol. The lowest BCUT2D eigenvalue weighted by molar-refractivity contribution is 0.460. The molecule has 17 heavy (non-hydrogen) atoms. The lowest BCUT2D eigenvalue weighted by atomic mass is 10.2. The lowest BCUT2D eigenvalue weighted by Gasteiger charge is -2.10. The zero-order chi connectivity index (χ0) is 12.3. The molecule has 1 aromatic carbocycles. The number of nitrogens with zero attached hydrogens (tertiary/aromatic N) is 1. The van der Waals surface area contributed by atoms with E-state index in [0.717, 1.165) is 5.56 Å². The second kappa shape index (κ2) is 5.05. The molecule has 2 rings (SSSR count). The molecule has 0 radical (unpaired) electrons. The van der Waals surface area contributed by atoms with Crippen molar-refractivity contribution in [3.05, 3.63) is 52.4 Å². The summed E-state index contributed by atoms with van der Waals surface area (Å²) in [5.41, 5.74) is 0.649. The van der Waals surface area contributed by atoms with Crippen molar-refractivity contribution in [3.63, 3.8) is 0 Å². The van der Waals surface area contributed by atoms with Crippen LogP contribution < -0.4 is 5.56 Å². The van der Waals surface area contributed by atoms with Gasteiger partial charge >= 0.3 is 0 Å². The quantitative estimate of drug-likeness (QED) is 0.646. The van der Waals surface area contributed by atoms with Crippen molar-refractivity contribution in [1.29, 1.82) is 0 Å². The maximum atomic E-state index is 11.2. The highest BCUT2D eigenvalue weighted by Gasteiger charge is 2.09. The Morgan fingerprint density at radius 3 is 2.71 bits per heavy atom. The van der Waals surface area contributed by atoms with Crippen LogP contribution in [0.4, 0.5) is 0 Å². The average Bonchev–Trinajstić information content (AvgIpc) is 2.35. The molecule has 0 fully saturated rings. The summed E-state index contributed by atoms with van der Waals surface area (Å²) in [4.78, 5) is 17.7. The molecule has 5 heteroatoms. The predicted octanol–water partition coefficient (Wildman–Crippen LogP) is 2.33. The van der Waals surface area contributed by atoms with Gasteiger partial charge in [0.15, 0.2) is 10.9 Å². The summed E-state index contributed by atoms with van der Waals surface area (Å²) in [6.07, 6.45) is 1.17. The SMILES string of the molecule is C[C@H](Sc1ncc(O)c(=O)[nH]1)c1ccccc1. The van der Waals surface area contributed by atoms with Crippen molar-refractivity contribution in [2.75, 3.05) is 0 Å². The topological polar surface area (TPSA) is 66.0 Å². The van der Waals surface area contributed by atoms with Gasteiger partial charge in [0.2, 0.25) is 0 Å². The molecule has 4 nitrogen and oxygen atoms in total. The Bertz CT molecular complexity index is 554. The molecule has 0 aliphatic carbocycles. The van der Waals surface area contributed by atoms with Gasteiger partial charge in [-0.3, -0.25) is 9.78 Å². The molecule has 0 saturated carbocycles. The Kier molecular flexibility index (Phi) is 3.49. The minimum atomic E-state index is -0.511. The Labute approximate surface area is 103 Å². The smallest absolute Gasteiger partial charge is 0.293 e. The number of thioether (sulfide) groups is 1. The van der Waals surface area contributed by atoms with Crippen molar-refractivity contribution in [1.82, 2.24) is 9.97 Å². The normalized spacial score (nSPS) is 12.3. The number of H-pyrrole nitrogens is 1. The molecule has 0 amide bonds. The van der Waals surface area contributed by atoms with E-state index in [0.29, 0.717) is 5.16 Å². The molecule has 0 aliphatic heterocycles. The van der Waals surface area contributed by atoms with E-state index in [1.165, 1.54) is 18.0 Å². The number of aromatic nitrogens is 2. The van der Waals surface area contributed by atoms with Crippen LogP contribution in [-0.4, -0.2) is 15.1 Å². The molecule has 0 unspecified atom stereocenters. The van der Waals surface area contributed by atoms with Crippen LogP contribution in [0, 0.1) is 0 Å². The summed E-state index contributed by atoms with van der Waals surface area (Å²) in [5, 5.41) is 9.77. The minimum absolute atomic E-state index is 0.184. The summed E-state index contributed by atoms with van der Waals surface area (Å²) in [6, 6.07) is 9.95. The highest BCUT2D eigenvalue weighted by Crippen LogP contribution is 2.31. The third kappa shape index (κ3) is 2.88. The Hall–Kier alpha value is -1.75. The Balaban J connectivity index is 2.16. The van der Waals surface area contributed by atoms with E-state index in [4.69, 9.17) is 5.11 Å². The highest BCUT2D eigenvalue weighted by atomic mass is 32.2. The summed E-state index contributed by atoms with van der Waals surface area (Å²) in [7, 11) is 0. The summed E-state index contributed by atoms with van der Waals surface area (Å²) in [6.45, 7) is 2.03. The standard InChI is InChI=1S/C12H12N2O2S/c1-8(9-5-3-2-4-6-9)17-12-13-7-10(15)11(16)14-12/h2-8,15H,1H3,(H,13,14,16)/t8-/m0/s1. The molecule has 0 aliphatic rings. The lowest BCUT2D eigenvalue weighted by Crippen LogP contribution is -2.07. The molecule has 1 heterocycles. The minimum Gasteiger partial charge on any atom is -0.502 e. The maximum Gasteiger partial charge on any atom is 0.293 e. The van der Waals surface area contributed by atoms with Crippen LogP contribution in [0.3, 0.4) is 0 Å². The predicted molar refractivity (Wildman–Crippen MR) is 67.2 cm³/mol. The maximum absolute atomic E-state index is 11.2. The van der Waals surface area contributed by atoms with Crippen LogP contribution in [0.15, 0.2) is 46.5 Å². The van der Waals surface area contributed by atoms with Gasteiger partial charge in [-0.15, -0.1) is 0 Å². The molecule has 1 atom stereocenters. The number of hydrogen-bond donors (Lipinski definition) is 2. The van der Waals surface area contributed by atoms with Crippen LogP contribution in [0.1, 0.15) is 17.7 Å². The third-order valence-electron chi connectivity index (χ3n) is 2.31. The average molecular weight is 248 g/mol. The van der Waals surface area contributed by atoms with Gasteiger partial charge in [-0.1, -0.05) is 42.1 Å². The number of nitrogens with one attached hydrogen (secondary N) is 1. The summed E-state index contributed by atoms with van der Waals surface area (Å²) < 4.78 is 0. The third-order valence-corrected chi connectivity index (χ3v) is 3.37. The van der Waals surface area contributed by atoms with Crippen LogP contribution in [0.5, 0.6) is 5.75 Å². The second-order valence-corrected chi connectivity index (χ2v) is 4.90. The first-order chi connectivity index (χ1) is 8.16. The van der Waals surface area contributed by atoms with Crippen LogP contribution in [-0.2, 0) is 0 Å². The van der Waals surface area contributed by atoms with E-state index >= 15 is 0 Å². The fourth-order valence-corrected chi connectivity index (χ4v) is 2.28. The van der Waals surface area contributed by atoms with Gasteiger partial charge < -0.3 is 5.11 Å². The zero-order valence-corrected chi connectivity index (χ0v) is 10.1. The molecule has 1 aromatic heterocycles. The molecule has 0 spiro atoms. The van der Waals surface area contributed by atoms with E-state index in [1.54, 1.807) is 0 Å². The first kappa shape index (κ1) is 11.7. The first-order valence-electron chi connectivity index (χ1n) is 5.16. The summed E-state index contributed by atoms with van der Waals surface area (Å²) in [5.74, 6) is -0.360. The van der Waals surface area contributed by atoms with Gasteiger partial charge in [-0.25, -0.2) is 4.98 Å². The molecule has 88 valence electrons. The van der Waals surface area contributed by atoms with E-state index in [-0.39, 0.29) is 11.0 Å². The number of aromatic amines is 1. The van der Waals surface area contributed by atoms with Gasteiger partial charge in [-0.05, 0) is 12.5 Å². The van der Waals surface area contributed by atoms with Crippen molar-refractivity contribution >= 4 is 11.8 Å². The molecular formula is C12H12N2O2S. The number of benzene rings is 1. The van der Waals surface area contributed by atoms with Crippen LogP contribution in [0.2, 0.25) is 0 Å². The van der Waals surface area contributed by atoms with Crippen molar-refractivity contribution in [2.24, 2.45) is 0 Å². The fraction of sp³-hybridized carbons (Fsp3) is 0.167. The Morgan fingerprint density at radius 2 is 2.06 bits per heavy atom. The van der Waals surface area contributed by atoms with E-state index < -0.39 is 5.56 Å². The van der Waals surface area contributed by atoms with Crippen LogP contribution >= 0.6 is 11.8 Å². The van der Waals surface area contributed by atoms with E-state index in [2.05, 4.69) is 9.97 Å².